The lowest BCUT2D eigenvalue weighted by Gasteiger charge is -2.39. The zero-order chi connectivity index (χ0) is 66.5. The van der Waals surface area contributed by atoms with Crippen LogP contribution in [0.3, 0.4) is 0 Å². The molecule has 87 heavy (non-hydrogen) atoms. The minimum atomic E-state index is -1.79. The van der Waals surface area contributed by atoms with Crippen LogP contribution in [0.2, 0.25) is 57.4 Å². The van der Waals surface area contributed by atoms with Crippen molar-refractivity contribution >= 4 is 66.6 Å². The van der Waals surface area contributed by atoms with Gasteiger partial charge >= 0.3 is 24.6 Å². The first-order valence-electron chi connectivity index (χ1n) is 30.1. The number of ether oxygens (including phenoxy) is 7. The van der Waals surface area contributed by atoms with Gasteiger partial charge in [-0.3, -0.25) is 0 Å². The maximum Gasteiger partial charge on any atom is 0.508 e. The number of hydrogen-bond acceptors (Lipinski definition) is 18. The minimum absolute atomic E-state index is 0. The Morgan fingerprint density at radius 3 is 1.06 bits per heavy atom. The minimum Gasteiger partial charge on any atom is -1.00 e. The smallest absolute Gasteiger partial charge is 0.508 e. The van der Waals surface area contributed by atoms with E-state index < -0.39 is 55.6 Å². The molecule has 1 aliphatic rings. The van der Waals surface area contributed by atoms with Crippen molar-refractivity contribution in [2.75, 3.05) is 79.0 Å². The predicted octanol–water partition coefficient (Wildman–Crippen LogP) is 8.13. The van der Waals surface area contributed by atoms with Crippen molar-refractivity contribution in [2.45, 2.75) is 278 Å². The molecule has 0 saturated carbocycles. The molecule has 0 aromatic rings. The molecule has 7 unspecified atom stereocenters. The topological polar surface area (TPSA) is 267 Å². The van der Waals surface area contributed by atoms with E-state index in [4.69, 9.17) is 67.0 Å². The number of hydrogen-bond donors (Lipinski definition) is 4. The van der Waals surface area contributed by atoms with E-state index in [-0.39, 0.29) is 74.7 Å². The summed E-state index contributed by atoms with van der Waals surface area (Å²) in [5, 5.41) is 31.2. The van der Waals surface area contributed by atoms with Crippen LogP contribution in [0.25, 0.3) is 0 Å². The van der Waals surface area contributed by atoms with Crippen molar-refractivity contribution in [3.63, 3.8) is 0 Å². The number of carbonyl (C=O) groups is 3. The Labute approximate surface area is 545 Å². The molecule has 27 heteroatoms. The zero-order valence-electron chi connectivity index (χ0n) is 58.0. The highest BCUT2D eigenvalue weighted by Gasteiger charge is 2.37. The Morgan fingerprint density at radius 1 is 0.598 bits per heavy atom. The zero-order valence-corrected chi connectivity index (χ0v) is 63.8. The Morgan fingerprint density at radius 2 is 0.851 bits per heavy atom. The molecule has 1 rings (SSSR count). The average molecular weight is 1380 g/mol. The first kappa shape index (κ1) is 110. The molecule has 1 aliphatic heterocycles. The van der Waals surface area contributed by atoms with Crippen molar-refractivity contribution in [1.29, 1.82) is 0 Å². The molecule has 0 bridgehead atoms. The van der Waals surface area contributed by atoms with Crippen LogP contribution in [0.4, 0.5) is 14.4 Å². The molecule has 1 fully saturated rings. The lowest BCUT2D eigenvalue weighted by atomic mass is 10.1. The Balaban J connectivity index is -0.0000000886. The third kappa shape index (κ3) is 95.5. The average Bonchev–Trinajstić information content (AvgIpc) is 4.16. The molecule has 0 radical (unpaired) electrons. The van der Waals surface area contributed by atoms with Crippen molar-refractivity contribution in [2.24, 2.45) is 11.8 Å². The van der Waals surface area contributed by atoms with Crippen molar-refractivity contribution in [3.05, 3.63) is 0 Å². The van der Waals surface area contributed by atoms with Gasteiger partial charge in [-0.25, -0.2) is 19.5 Å². The number of nitrogens with two attached hydrogens (primary N) is 1. The van der Waals surface area contributed by atoms with Gasteiger partial charge in [0.15, 0.2) is 25.0 Å². The highest BCUT2D eigenvalue weighted by molar-refractivity contribution is 7.95. The van der Waals surface area contributed by atoms with Gasteiger partial charge < -0.3 is 83.4 Å². The van der Waals surface area contributed by atoms with Crippen LogP contribution >= 0.6 is 17.0 Å². The third-order valence-corrected chi connectivity index (χ3v) is 17.7. The van der Waals surface area contributed by atoms with Crippen LogP contribution in [-0.2, 0) is 56.0 Å². The summed E-state index contributed by atoms with van der Waals surface area (Å²) in [6, 6.07) is 0. The van der Waals surface area contributed by atoms with Crippen molar-refractivity contribution in [1.82, 2.24) is 0 Å². The molecule has 0 aromatic carbocycles. The molecular formula is C60H138ClFN2O18P2Si3. The second-order valence-electron chi connectivity index (χ2n) is 25.1. The number of quaternary nitrogens is 1. The van der Waals surface area contributed by atoms with E-state index >= 15 is 0 Å². The number of unbranched alkanes of at least 4 members (excludes halogenated alkanes) is 4. The number of epoxide rings is 1. The second kappa shape index (κ2) is 67.2. The fourth-order valence-electron chi connectivity index (χ4n) is 5.38. The summed E-state index contributed by atoms with van der Waals surface area (Å²) in [6.07, 6.45) is 7.67. The molecule has 0 aromatic heterocycles. The summed E-state index contributed by atoms with van der Waals surface area (Å²) >= 11 is 0. The van der Waals surface area contributed by atoms with Gasteiger partial charge in [0.2, 0.25) is 8.06 Å². The fraction of sp³-hybridized carbons (Fsp3) is 0.933. The highest BCUT2D eigenvalue weighted by Crippen LogP contribution is 2.36. The van der Waals surface area contributed by atoms with E-state index in [0.29, 0.717) is 51.0 Å². The number of carbonyl (C=O) groups excluding carboxylic acids is 5. The Kier molecular flexibility index (Phi) is 84.8. The Bertz CT molecular complexity index is 1520. The third-order valence-electron chi connectivity index (χ3n) is 11.1. The molecule has 1 saturated heterocycles. The Hall–Kier alpha value is -1.73. The molecule has 7 atom stereocenters. The molecule has 20 nitrogen and oxygen atoms in total. The van der Waals surface area contributed by atoms with Crippen LogP contribution in [0, 0.1) is 11.8 Å². The van der Waals surface area contributed by atoms with Crippen LogP contribution < -0.4 is 22.3 Å². The number of nitrogens with zero attached hydrogens (tertiary/aromatic N) is 1. The van der Waals surface area contributed by atoms with Crippen molar-refractivity contribution < 1.29 is 112 Å². The monoisotopic (exact) mass is 1370 g/mol. The summed E-state index contributed by atoms with van der Waals surface area (Å²) in [7, 11) is -1.58. The number of rotatable bonds is 31. The molecule has 532 valence electrons. The van der Waals surface area contributed by atoms with E-state index in [1.807, 2.05) is 34.6 Å². The van der Waals surface area contributed by atoms with Crippen molar-refractivity contribution in [3.8, 4) is 0 Å². The number of aliphatic hydroxyl groups is 3. The first-order chi connectivity index (χ1) is 38.1. The standard InChI is InChI=1S/C16H36N.C14H30O4Si.C10H22O5Si.C8H16O4.C6H16O2Si.C3H6O.CO2.2CH4.ClH.FH.H3NP2/c1-5-9-13-17(14-10-6-2,15-11-7-3)16-12-8-4;1-11(2)9-16-13(15)18-12(3)10-17-19(7,8)14(4,5)6;1-8(11)6-13-10(12)15-9(2)7-14-16(3,4)5;1-6(2)5-11-8(10)12-7(3)4-9;1-6(7)5-8-9(2,3)4;1-3-2-4-3;2-1-3;;;;;1-3-2/h5-16H2,1-4H3;11-12H,9-10H2,1-8H3;8-9,11H,6-7H2,1-5H3;6-7,9H,4-5H2,1-3H3;6-7H,5H2,1-4H3;3H,2H2,1H3;;2*1H4;2*1H;1H,2H2/q+1;;;;;;;;;;;/p-1. The van der Waals surface area contributed by atoms with E-state index in [1.165, 1.54) is 89.0 Å². The number of aliphatic hydroxyl groups excluding tert-OH is 3. The quantitative estimate of drug-likeness (QED) is 0.0127. The molecule has 0 amide bonds. The first-order valence-corrected chi connectivity index (χ1v) is 42.4. The van der Waals surface area contributed by atoms with Gasteiger partial charge in [0.1, 0.15) is 24.9 Å². The summed E-state index contributed by atoms with van der Waals surface area (Å²) in [4.78, 5) is 49.5. The highest BCUT2D eigenvalue weighted by atomic mass is 35.5. The van der Waals surface area contributed by atoms with Crippen LogP contribution in [0.1, 0.15) is 184 Å². The maximum atomic E-state index is 11.4. The normalized spacial score (nSPS) is 13.9. The summed E-state index contributed by atoms with van der Waals surface area (Å²) in [6.45, 7) is 59.5. The summed E-state index contributed by atoms with van der Waals surface area (Å²) < 4.78 is 52.1. The van der Waals surface area contributed by atoms with E-state index in [2.05, 4.69) is 126 Å². The van der Waals surface area contributed by atoms with Gasteiger partial charge in [-0.05, 0) is 145 Å². The predicted molar refractivity (Wildman–Crippen MR) is 359 cm³/mol. The van der Waals surface area contributed by atoms with E-state index in [9.17, 15) is 14.4 Å². The van der Waals surface area contributed by atoms with Gasteiger partial charge in [0, 0.05) is 0 Å². The molecule has 5 N–H and O–H groups in total. The van der Waals surface area contributed by atoms with Gasteiger partial charge in [0.05, 0.1) is 90.7 Å². The lowest BCUT2D eigenvalue weighted by molar-refractivity contribution is -0.929. The van der Waals surface area contributed by atoms with Crippen LogP contribution in [-0.4, -0.2) is 185 Å². The van der Waals surface area contributed by atoms with Gasteiger partial charge in [-0.1, -0.05) is 117 Å². The lowest BCUT2D eigenvalue weighted by Crippen LogP contribution is -3.00. The maximum absolute atomic E-state index is 11.4. The second-order valence-corrected chi connectivity index (χ2v) is 40.1. The summed E-state index contributed by atoms with van der Waals surface area (Å²) in [5.74, 6) is 0.605. The summed E-state index contributed by atoms with van der Waals surface area (Å²) in [5.41, 5.74) is 0. The molecule has 0 aliphatic carbocycles. The van der Waals surface area contributed by atoms with Crippen LogP contribution in [0.5, 0.6) is 0 Å². The van der Waals surface area contributed by atoms with E-state index in [1.54, 1.807) is 20.8 Å². The fourth-order valence-corrected chi connectivity index (χ4v) is 7.94. The van der Waals surface area contributed by atoms with Crippen LogP contribution in [0.15, 0.2) is 0 Å². The van der Waals surface area contributed by atoms with Gasteiger partial charge in [-0.2, -0.15) is 9.59 Å². The molecule has 0 spiro atoms. The van der Waals surface area contributed by atoms with Gasteiger partial charge in [0.25, 0.3) is 0 Å². The largest absolute Gasteiger partial charge is 1.00 e. The molecule has 1 heterocycles. The molecular weight excluding hydrogens is 1240 g/mol. The number of halogens is 2. The SMILES string of the molecule is C.C.CC(C)COC(=O)OC(C)CO.CC(C)COC(=O)OC(C)CO[Si](C)(C)C(C)(C)C.CC(O)COC(=O)OC(C)CO[Si](C)(C)C.CC(O)CO[Si](C)(C)C.CC1CO1.CCCC[N+](CCCC)(CCCC)CCCC.O=C=O.[Cl-].[F-].[NH2+]=PP. The van der Waals surface area contributed by atoms with Gasteiger partial charge in [-0.15, -0.1) is 0 Å². The van der Waals surface area contributed by atoms with E-state index in [0.717, 1.165) is 14.7 Å².